The molecule has 0 saturated heterocycles. The first kappa shape index (κ1) is 11.0. The molecule has 1 aliphatic carbocycles. The van der Waals surface area contributed by atoms with Crippen molar-refractivity contribution in [3.63, 3.8) is 0 Å². The molecular weight excluding hydrogens is 228 g/mol. The van der Waals surface area contributed by atoms with Crippen molar-refractivity contribution in [3.05, 3.63) is 41.7 Å². The number of aromatic carboxylic acids is 1. The van der Waals surface area contributed by atoms with Gasteiger partial charge in [-0.05, 0) is 36.0 Å². The Morgan fingerprint density at radius 3 is 2.72 bits per heavy atom. The molecular formula is C14H14N2O2. The lowest BCUT2D eigenvalue weighted by molar-refractivity contribution is 0.0695. The fourth-order valence-electron chi connectivity index (χ4n) is 2.24. The Balaban J connectivity index is 2.07. The maximum atomic E-state index is 11.3. The van der Waals surface area contributed by atoms with Gasteiger partial charge in [-0.1, -0.05) is 12.1 Å². The number of aromatic nitrogens is 2. The van der Waals surface area contributed by atoms with Crippen LogP contribution in [0.5, 0.6) is 0 Å². The molecule has 0 spiro atoms. The van der Waals surface area contributed by atoms with Gasteiger partial charge in [-0.2, -0.15) is 5.10 Å². The van der Waals surface area contributed by atoms with Gasteiger partial charge in [0.1, 0.15) is 0 Å². The highest BCUT2D eigenvalue weighted by atomic mass is 16.4. The molecule has 4 nitrogen and oxygen atoms in total. The molecule has 2 aromatic rings. The maximum absolute atomic E-state index is 11.3. The minimum Gasteiger partial charge on any atom is -0.478 e. The second-order valence-corrected chi connectivity index (χ2v) is 4.78. The van der Waals surface area contributed by atoms with Gasteiger partial charge in [0.15, 0.2) is 0 Å². The predicted molar refractivity (Wildman–Crippen MR) is 67.6 cm³/mol. The lowest BCUT2D eigenvalue weighted by Gasteiger charge is -2.06. The van der Waals surface area contributed by atoms with Crippen LogP contribution in [0, 0.1) is 0 Å². The lowest BCUT2D eigenvalue weighted by atomic mass is 9.98. The minimum atomic E-state index is -0.845. The van der Waals surface area contributed by atoms with E-state index < -0.39 is 5.97 Å². The van der Waals surface area contributed by atoms with Crippen molar-refractivity contribution in [2.75, 3.05) is 0 Å². The van der Waals surface area contributed by atoms with Gasteiger partial charge in [-0.15, -0.1) is 0 Å². The van der Waals surface area contributed by atoms with Gasteiger partial charge >= 0.3 is 5.97 Å². The van der Waals surface area contributed by atoms with E-state index in [2.05, 4.69) is 5.10 Å². The number of carboxylic acids is 1. The molecule has 0 amide bonds. The van der Waals surface area contributed by atoms with E-state index in [0.29, 0.717) is 11.5 Å². The van der Waals surface area contributed by atoms with Gasteiger partial charge in [0.2, 0.25) is 0 Å². The zero-order valence-electron chi connectivity index (χ0n) is 10.1. The molecule has 0 bridgehead atoms. The van der Waals surface area contributed by atoms with E-state index in [1.807, 2.05) is 25.4 Å². The highest BCUT2D eigenvalue weighted by Gasteiger charge is 2.28. The smallest absolute Gasteiger partial charge is 0.335 e. The Bertz CT molecular complexity index is 612. The molecule has 1 aliphatic rings. The van der Waals surface area contributed by atoms with Gasteiger partial charge in [0.05, 0.1) is 11.8 Å². The molecule has 3 rings (SSSR count). The van der Waals surface area contributed by atoms with Crippen molar-refractivity contribution < 1.29 is 9.90 Å². The molecule has 0 aliphatic heterocycles. The average Bonchev–Trinajstić information content (AvgIpc) is 3.11. The Kier molecular flexibility index (Phi) is 2.44. The van der Waals surface area contributed by atoms with E-state index >= 15 is 0 Å². The lowest BCUT2D eigenvalue weighted by Crippen LogP contribution is -2.01. The first-order valence-corrected chi connectivity index (χ1v) is 6.01. The Labute approximate surface area is 105 Å². The van der Waals surface area contributed by atoms with Gasteiger partial charge in [0, 0.05) is 18.8 Å². The topological polar surface area (TPSA) is 55.1 Å². The summed E-state index contributed by atoms with van der Waals surface area (Å²) in [7, 11) is 1.85. The summed E-state index contributed by atoms with van der Waals surface area (Å²) in [6, 6.07) is 5.69. The highest BCUT2D eigenvalue weighted by molar-refractivity contribution is 5.91. The molecule has 1 N–H and O–H groups in total. The minimum absolute atomic E-state index is 0.429. The van der Waals surface area contributed by atoms with Gasteiger partial charge in [-0.25, -0.2) is 4.79 Å². The molecule has 0 unspecified atom stereocenters. The quantitative estimate of drug-likeness (QED) is 0.900. The summed E-state index contributed by atoms with van der Waals surface area (Å²) in [6.45, 7) is 0. The second-order valence-electron chi connectivity index (χ2n) is 4.78. The first-order valence-electron chi connectivity index (χ1n) is 6.01. The van der Waals surface area contributed by atoms with Crippen molar-refractivity contribution in [1.29, 1.82) is 0 Å². The Morgan fingerprint density at radius 1 is 1.39 bits per heavy atom. The summed E-state index contributed by atoms with van der Waals surface area (Å²) >= 11 is 0. The van der Waals surface area contributed by atoms with Crippen molar-refractivity contribution in [3.8, 4) is 11.1 Å². The summed E-state index contributed by atoms with van der Waals surface area (Å²) in [5.74, 6) is -0.401. The molecule has 0 radical (unpaired) electrons. The largest absolute Gasteiger partial charge is 0.478 e. The number of aryl methyl sites for hydroxylation is 1. The van der Waals surface area contributed by atoms with Crippen LogP contribution in [0.1, 0.15) is 34.7 Å². The van der Waals surface area contributed by atoms with Crippen LogP contribution in [-0.2, 0) is 7.05 Å². The Morgan fingerprint density at radius 2 is 2.17 bits per heavy atom. The molecule has 0 atom stereocenters. The number of benzene rings is 1. The van der Waals surface area contributed by atoms with Crippen molar-refractivity contribution >= 4 is 5.97 Å². The van der Waals surface area contributed by atoms with Crippen LogP contribution in [-0.4, -0.2) is 20.9 Å². The number of rotatable bonds is 3. The first-order chi connectivity index (χ1) is 8.65. The van der Waals surface area contributed by atoms with Crippen LogP contribution >= 0.6 is 0 Å². The number of carboxylic acid groups (broad SMARTS) is 1. The highest BCUT2D eigenvalue weighted by Crippen LogP contribution is 2.42. The van der Waals surface area contributed by atoms with Crippen LogP contribution < -0.4 is 0 Å². The molecule has 1 heterocycles. The van der Waals surface area contributed by atoms with Gasteiger partial charge in [-0.3, -0.25) is 4.68 Å². The van der Waals surface area contributed by atoms with E-state index in [1.165, 1.54) is 0 Å². The fraction of sp³-hybridized carbons (Fsp3) is 0.286. The zero-order chi connectivity index (χ0) is 12.7. The van der Waals surface area contributed by atoms with E-state index in [-0.39, 0.29) is 0 Å². The third-order valence-corrected chi connectivity index (χ3v) is 3.34. The normalized spacial score (nSPS) is 14.7. The predicted octanol–water partition coefficient (Wildman–Crippen LogP) is 2.66. The number of hydrogen-bond donors (Lipinski definition) is 1. The van der Waals surface area contributed by atoms with E-state index in [4.69, 9.17) is 0 Å². The standard InChI is InChI=1S/C14H14N2O2/c1-16-8-11(7-15-16)10-4-5-12(9-2-3-9)13(6-10)14(17)18/h4-9H,2-3H2,1H3,(H,17,18). The molecule has 1 aromatic carbocycles. The van der Waals surface area contributed by atoms with Crippen LogP contribution in [0.4, 0.5) is 0 Å². The molecule has 1 fully saturated rings. The second kappa shape index (κ2) is 3.98. The maximum Gasteiger partial charge on any atom is 0.335 e. The third-order valence-electron chi connectivity index (χ3n) is 3.34. The van der Waals surface area contributed by atoms with Gasteiger partial charge < -0.3 is 5.11 Å². The monoisotopic (exact) mass is 242 g/mol. The van der Waals surface area contributed by atoms with Crippen LogP contribution in [0.2, 0.25) is 0 Å². The molecule has 18 heavy (non-hydrogen) atoms. The van der Waals surface area contributed by atoms with Crippen LogP contribution in [0.25, 0.3) is 11.1 Å². The van der Waals surface area contributed by atoms with Gasteiger partial charge in [0.25, 0.3) is 0 Å². The number of hydrogen-bond acceptors (Lipinski definition) is 2. The summed E-state index contributed by atoms with van der Waals surface area (Å²) in [6.07, 6.45) is 5.84. The summed E-state index contributed by atoms with van der Waals surface area (Å²) in [5, 5.41) is 13.4. The van der Waals surface area contributed by atoms with E-state index in [1.54, 1.807) is 16.9 Å². The van der Waals surface area contributed by atoms with E-state index in [0.717, 1.165) is 29.5 Å². The zero-order valence-corrected chi connectivity index (χ0v) is 10.1. The molecule has 92 valence electrons. The van der Waals surface area contributed by atoms with Crippen LogP contribution in [0.3, 0.4) is 0 Å². The molecule has 1 aromatic heterocycles. The number of carbonyl (C=O) groups is 1. The number of nitrogens with zero attached hydrogens (tertiary/aromatic N) is 2. The molecule has 4 heteroatoms. The fourth-order valence-corrected chi connectivity index (χ4v) is 2.24. The average molecular weight is 242 g/mol. The van der Waals surface area contributed by atoms with Crippen LogP contribution in [0.15, 0.2) is 30.6 Å². The summed E-state index contributed by atoms with van der Waals surface area (Å²) < 4.78 is 1.71. The van der Waals surface area contributed by atoms with Crippen molar-refractivity contribution in [2.45, 2.75) is 18.8 Å². The third kappa shape index (κ3) is 1.90. The van der Waals surface area contributed by atoms with E-state index in [9.17, 15) is 9.90 Å². The summed E-state index contributed by atoms with van der Waals surface area (Å²) in [4.78, 5) is 11.3. The van der Waals surface area contributed by atoms with Crippen molar-refractivity contribution in [1.82, 2.24) is 9.78 Å². The SMILES string of the molecule is Cn1cc(-c2ccc(C3CC3)c(C(=O)O)c2)cn1. The Hall–Kier alpha value is -2.10. The van der Waals surface area contributed by atoms with Crippen molar-refractivity contribution in [2.24, 2.45) is 7.05 Å². The molecule has 1 saturated carbocycles. The summed E-state index contributed by atoms with van der Waals surface area (Å²) in [5.41, 5.74) is 3.25.